The van der Waals surface area contributed by atoms with Crippen LogP contribution in [0.15, 0.2) is 46.3 Å². The summed E-state index contributed by atoms with van der Waals surface area (Å²) in [5, 5.41) is 12.0. The zero-order chi connectivity index (χ0) is 25.0. The number of amidine groups is 1. The monoisotopic (exact) mass is 503 g/mol. The molecule has 0 bridgehead atoms. The highest BCUT2D eigenvalue weighted by molar-refractivity contribution is 8.18. The Morgan fingerprint density at radius 1 is 1.24 bits per heavy atom. The van der Waals surface area contributed by atoms with E-state index in [0.29, 0.717) is 37.7 Å². The summed E-state index contributed by atoms with van der Waals surface area (Å²) in [6, 6.07) is 9.64. The molecule has 0 radical (unpaired) electrons. The van der Waals surface area contributed by atoms with Crippen LogP contribution in [0.1, 0.15) is 38.8 Å². The van der Waals surface area contributed by atoms with Crippen molar-refractivity contribution in [3.05, 3.63) is 67.6 Å². The van der Waals surface area contributed by atoms with Crippen molar-refractivity contribution >= 4 is 46.2 Å². The van der Waals surface area contributed by atoms with Crippen molar-refractivity contribution in [1.82, 2.24) is 4.90 Å². The number of hydrogen-bond acceptors (Lipinski definition) is 7. The highest BCUT2D eigenvalue weighted by atomic mass is 35.5. The molecule has 0 atom stereocenters. The average Bonchev–Trinajstić information content (AvgIpc) is 3.06. The second-order valence-electron chi connectivity index (χ2n) is 8.13. The lowest BCUT2D eigenvalue weighted by Gasteiger charge is -2.20. The first-order valence-corrected chi connectivity index (χ1v) is 11.8. The quantitative estimate of drug-likeness (QED) is 0.252. The fourth-order valence-electron chi connectivity index (χ4n) is 3.28. The van der Waals surface area contributed by atoms with Gasteiger partial charge in [-0.05, 0) is 68.8 Å². The van der Waals surface area contributed by atoms with Gasteiger partial charge in [0.1, 0.15) is 6.61 Å². The molecular formula is C24H26ClN3O5S. The first-order valence-electron chi connectivity index (χ1n) is 10.6. The van der Waals surface area contributed by atoms with E-state index in [2.05, 4.69) is 4.99 Å². The number of ether oxygens (including phenoxy) is 2. The number of nitrogens with zero attached hydrogens (tertiary/aromatic N) is 3. The normalized spacial score (nSPS) is 16.2. The van der Waals surface area contributed by atoms with Gasteiger partial charge in [-0.15, -0.1) is 0 Å². The Balaban J connectivity index is 1.87. The second kappa shape index (κ2) is 10.9. The number of amides is 1. The summed E-state index contributed by atoms with van der Waals surface area (Å²) in [4.78, 5) is 30.4. The topological polar surface area (TPSA) is 94.3 Å². The van der Waals surface area contributed by atoms with Gasteiger partial charge in [0.05, 0.1) is 22.0 Å². The Labute approximate surface area is 207 Å². The van der Waals surface area contributed by atoms with Crippen molar-refractivity contribution in [3.63, 3.8) is 0 Å². The zero-order valence-corrected chi connectivity index (χ0v) is 21.1. The molecule has 180 valence electrons. The highest BCUT2D eigenvalue weighted by Gasteiger charge is 2.35. The molecule has 0 aromatic heterocycles. The Morgan fingerprint density at radius 3 is 2.59 bits per heavy atom. The number of aliphatic imine (C=N–C) groups is 1. The maximum absolute atomic E-state index is 13.0. The third-order valence-electron chi connectivity index (χ3n) is 4.78. The Hall–Kier alpha value is -3.04. The molecule has 1 amide bonds. The molecule has 1 aliphatic heterocycles. The fourth-order valence-corrected chi connectivity index (χ4v) is 4.79. The van der Waals surface area contributed by atoms with Crippen LogP contribution in [0.5, 0.6) is 11.5 Å². The number of non-ortho nitro benzene ring substituents is 1. The minimum Gasteiger partial charge on any atom is -0.493 e. The van der Waals surface area contributed by atoms with E-state index in [1.807, 2.05) is 27.7 Å². The van der Waals surface area contributed by atoms with Gasteiger partial charge in [-0.3, -0.25) is 24.8 Å². The molecule has 8 nitrogen and oxygen atoms in total. The molecule has 1 heterocycles. The predicted octanol–water partition coefficient (Wildman–Crippen LogP) is 5.92. The van der Waals surface area contributed by atoms with Crippen LogP contribution in [-0.2, 0) is 11.4 Å². The lowest BCUT2D eigenvalue weighted by molar-refractivity contribution is -0.384. The molecule has 0 aliphatic carbocycles. The molecule has 2 aromatic carbocycles. The Kier molecular flexibility index (Phi) is 8.22. The summed E-state index contributed by atoms with van der Waals surface area (Å²) in [5.74, 6) is 0.589. The van der Waals surface area contributed by atoms with Crippen LogP contribution < -0.4 is 9.47 Å². The van der Waals surface area contributed by atoms with Gasteiger partial charge in [0.25, 0.3) is 11.6 Å². The number of halogens is 1. The molecule has 3 rings (SSSR count). The van der Waals surface area contributed by atoms with Gasteiger partial charge in [-0.1, -0.05) is 23.7 Å². The van der Waals surface area contributed by atoms with Gasteiger partial charge in [0, 0.05) is 24.2 Å². The van der Waals surface area contributed by atoms with E-state index in [-0.39, 0.29) is 30.3 Å². The third-order valence-corrected chi connectivity index (χ3v) is 6.05. The van der Waals surface area contributed by atoms with E-state index in [9.17, 15) is 14.9 Å². The van der Waals surface area contributed by atoms with Crippen molar-refractivity contribution in [2.24, 2.45) is 4.99 Å². The minimum atomic E-state index is -0.459. The maximum atomic E-state index is 13.0. The minimum absolute atomic E-state index is 0.0179. The summed E-state index contributed by atoms with van der Waals surface area (Å²) in [6.45, 7) is 7.91. The van der Waals surface area contributed by atoms with E-state index >= 15 is 0 Å². The number of carbonyl (C=O) groups excluding carboxylic acids is 1. The van der Waals surface area contributed by atoms with Crippen LogP contribution >= 0.6 is 23.4 Å². The number of benzene rings is 2. The summed E-state index contributed by atoms with van der Waals surface area (Å²) >= 11 is 7.82. The second-order valence-corrected chi connectivity index (χ2v) is 9.55. The van der Waals surface area contributed by atoms with E-state index in [4.69, 9.17) is 21.1 Å². The SMILES string of the molecule is COc1cc(/C=C2/SC(=NC(C)C)N(C(C)C)C2=O)cc(Cl)c1OCc1cccc([N+](=O)[O-])c1. The van der Waals surface area contributed by atoms with Gasteiger partial charge >= 0.3 is 0 Å². The number of methoxy groups -OCH3 is 1. The lowest BCUT2D eigenvalue weighted by atomic mass is 10.1. The zero-order valence-electron chi connectivity index (χ0n) is 19.6. The molecule has 2 aromatic rings. The summed E-state index contributed by atoms with van der Waals surface area (Å²) in [6.07, 6.45) is 1.75. The molecule has 34 heavy (non-hydrogen) atoms. The number of hydrogen-bond donors (Lipinski definition) is 0. The van der Waals surface area contributed by atoms with E-state index in [1.165, 1.54) is 31.0 Å². The molecule has 0 N–H and O–H groups in total. The van der Waals surface area contributed by atoms with Gasteiger partial charge in [-0.2, -0.15) is 0 Å². The molecule has 0 spiro atoms. The Bertz CT molecular complexity index is 1160. The van der Waals surface area contributed by atoms with E-state index < -0.39 is 4.92 Å². The molecule has 10 heteroatoms. The van der Waals surface area contributed by atoms with Crippen molar-refractivity contribution < 1.29 is 19.2 Å². The van der Waals surface area contributed by atoms with Crippen molar-refractivity contribution in [2.45, 2.75) is 46.4 Å². The summed E-state index contributed by atoms with van der Waals surface area (Å²) in [5.41, 5.74) is 1.28. The van der Waals surface area contributed by atoms with Crippen LogP contribution in [0.25, 0.3) is 6.08 Å². The van der Waals surface area contributed by atoms with Crippen molar-refractivity contribution in [3.8, 4) is 11.5 Å². The highest BCUT2D eigenvalue weighted by Crippen LogP contribution is 2.40. The van der Waals surface area contributed by atoms with Crippen LogP contribution in [0.4, 0.5) is 5.69 Å². The van der Waals surface area contributed by atoms with Crippen LogP contribution in [-0.4, -0.2) is 40.1 Å². The van der Waals surface area contributed by atoms with Gasteiger partial charge < -0.3 is 9.47 Å². The molecule has 1 aliphatic rings. The molecule has 1 fully saturated rings. The number of nitro benzene ring substituents is 1. The first-order chi connectivity index (χ1) is 16.1. The van der Waals surface area contributed by atoms with Gasteiger partial charge in [0.15, 0.2) is 16.7 Å². The fraction of sp³-hybridized carbons (Fsp3) is 0.333. The van der Waals surface area contributed by atoms with Gasteiger partial charge in [0.2, 0.25) is 0 Å². The number of carbonyl (C=O) groups is 1. The molecule has 0 saturated carbocycles. The lowest BCUT2D eigenvalue weighted by Crippen LogP contribution is -2.35. The molecule has 1 saturated heterocycles. The van der Waals surface area contributed by atoms with Crippen LogP contribution in [0.3, 0.4) is 0 Å². The van der Waals surface area contributed by atoms with Crippen molar-refractivity contribution in [1.29, 1.82) is 0 Å². The van der Waals surface area contributed by atoms with Crippen LogP contribution in [0, 0.1) is 10.1 Å². The number of rotatable bonds is 8. The predicted molar refractivity (Wildman–Crippen MR) is 136 cm³/mol. The van der Waals surface area contributed by atoms with Gasteiger partial charge in [-0.25, -0.2) is 0 Å². The summed E-state index contributed by atoms with van der Waals surface area (Å²) < 4.78 is 11.3. The van der Waals surface area contributed by atoms with E-state index in [0.717, 1.165) is 0 Å². The average molecular weight is 504 g/mol. The molecule has 0 unspecified atom stereocenters. The summed E-state index contributed by atoms with van der Waals surface area (Å²) in [7, 11) is 1.49. The number of thioether (sulfide) groups is 1. The number of nitro groups is 1. The maximum Gasteiger partial charge on any atom is 0.269 e. The largest absolute Gasteiger partial charge is 0.493 e. The third kappa shape index (κ3) is 5.90. The van der Waals surface area contributed by atoms with E-state index in [1.54, 1.807) is 35.2 Å². The smallest absolute Gasteiger partial charge is 0.269 e. The Morgan fingerprint density at radius 2 is 1.97 bits per heavy atom. The molecular weight excluding hydrogens is 478 g/mol. The van der Waals surface area contributed by atoms with Crippen LogP contribution in [0.2, 0.25) is 5.02 Å². The standard InChI is InChI=1S/C24H26ClN3O5S/c1-14(2)26-24-27(15(3)4)23(29)21(34-24)12-17-10-19(25)22(20(11-17)32-5)33-13-16-7-6-8-18(9-16)28(30)31/h6-12,14-15H,13H2,1-5H3/b21-12+,26-24?. The first kappa shape index (κ1) is 25.6. The van der Waals surface area contributed by atoms with Crippen molar-refractivity contribution in [2.75, 3.05) is 7.11 Å².